The molecule has 0 aromatic heterocycles. The average molecular weight is 466 g/mol. The number of hydrogen-bond acceptors (Lipinski definition) is 7. The third-order valence-corrected chi connectivity index (χ3v) is 5.84. The highest BCUT2D eigenvalue weighted by Gasteiger charge is 2.23. The smallest absolute Gasteiger partial charge is 0.274 e. The molecule has 11 heteroatoms. The van der Waals surface area contributed by atoms with E-state index in [1.54, 1.807) is 31.4 Å². The van der Waals surface area contributed by atoms with Crippen LogP contribution in [0.15, 0.2) is 42.5 Å². The number of carbonyl (C=O) groups excluding carboxylic acids is 1. The summed E-state index contributed by atoms with van der Waals surface area (Å²) >= 11 is 0. The van der Waals surface area contributed by atoms with Gasteiger partial charge in [0, 0.05) is 19.0 Å². The molecular formula is C21H27N3O7S. The van der Waals surface area contributed by atoms with Gasteiger partial charge in [-0.1, -0.05) is 6.07 Å². The first-order valence-corrected chi connectivity index (χ1v) is 11.7. The molecule has 0 radical (unpaired) electrons. The molecule has 2 aromatic rings. The van der Waals surface area contributed by atoms with E-state index in [4.69, 9.17) is 9.47 Å². The molecular weight excluding hydrogens is 438 g/mol. The lowest BCUT2D eigenvalue weighted by atomic mass is 10.1. The highest BCUT2D eigenvalue weighted by Crippen LogP contribution is 2.30. The molecule has 174 valence electrons. The molecule has 32 heavy (non-hydrogen) atoms. The third kappa shape index (κ3) is 7.12. The SMILES string of the molecule is COc1ccc(OCCNC(=O)CCCN(c2cccc([N+](=O)[O-])c2C)S(C)(=O)=O)cc1. The van der Waals surface area contributed by atoms with Gasteiger partial charge in [0.15, 0.2) is 0 Å². The van der Waals surface area contributed by atoms with Crippen molar-refractivity contribution in [1.82, 2.24) is 5.32 Å². The van der Waals surface area contributed by atoms with E-state index in [0.29, 0.717) is 18.0 Å². The third-order valence-electron chi connectivity index (χ3n) is 4.66. The molecule has 1 amide bonds. The van der Waals surface area contributed by atoms with Gasteiger partial charge in [0.2, 0.25) is 15.9 Å². The van der Waals surface area contributed by atoms with Crippen molar-refractivity contribution in [3.8, 4) is 11.5 Å². The quantitative estimate of drug-likeness (QED) is 0.290. The van der Waals surface area contributed by atoms with Gasteiger partial charge in [0.05, 0.1) is 36.1 Å². The highest BCUT2D eigenvalue weighted by molar-refractivity contribution is 7.92. The monoisotopic (exact) mass is 465 g/mol. The maximum Gasteiger partial charge on any atom is 0.274 e. The van der Waals surface area contributed by atoms with Crippen LogP contribution in [-0.4, -0.2) is 52.3 Å². The number of carbonyl (C=O) groups is 1. The van der Waals surface area contributed by atoms with Gasteiger partial charge in [-0.3, -0.25) is 19.2 Å². The summed E-state index contributed by atoms with van der Waals surface area (Å²) < 4.78 is 36.2. The lowest BCUT2D eigenvalue weighted by molar-refractivity contribution is -0.385. The normalized spacial score (nSPS) is 11.0. The van der Waals surface area contributed by atoms with Crippen LogP contribution in [0.4, 0.5) is 11.4 Å². The standard InChI is InChI=1S/C21H27N3O7S/c1-16-19(6-4-7-20(16)24(26)27)23(32(3,28)29)14-5-8-21(25)22-13-15-31-18-11-9-17(30-2)10-12-18/h4,6-7,9-12H,5,8,13-15H2,1-3H3,(H,22,25). The maximum absolute atomic E-state index is 12.3. The van der Waals surface area contributed by atoms with Crippen molar-refractivity contribution in [2.24, 2.45) is 0 Å². The van der Waals surface area contributed by atoms with E-state index in [-0.39, 0.29) is 48.8 Å². The fraction of sp³-hybridized carbons (Fsp3) is 0.381. The van der Waals surface area contributed by atoms with Gasteiger partial charge in [-0.2, -0.15) is 0 Å². The molecule has 0 fully saturated rings. The topological polar surface area (TPSA) is 128 Å². The van der Waals surface area contributed by atoms with Crippen LogP contribution >= 0.6 is 0 Å². The van der Waals surface area contributed by atoms with Crippen LogP contribution in [0, 0.1) is 17.0 Å². The van der Waals surface area contributed by atoms with Crippen LogP contribution < -0.4 is 19.1 Å². The highest BCUT2D eigenvalue weighted by atomic mass is 32.2. The van der Waals surface area contributed by atoms with Crippen LogP contribution in [0.2, 0.25) is 0 Å². The molecule has 0 saturated heterocycles. The van der Waals surface area contributed by atoms with Crippen LogP contribution in [0.5, 0.6) is 11.5 Å². The van der Waals surface area contributed by atoms with Crippen LogP contribution in [0.25, 0.3) is 0 Å². The first-order valence-electron chi connectivity index (χ1n) is 9.88. The first-order chi connectivity index (χ1) is 15.1. The number of rotatable bonds is 12. The molecule has 0 atom stereocenters. The Hall–Kier alpha value is -3.34. The summed E-state index contributed by atoms with van der Waals surface area (Å²) in [7, 11) is -2.11. The van der Waals surface area contributed by atoms with Crippen molar-refractivity contribution < 1.29 is 27.6 Å². The number of hydrogen-bond donors (Lipinski definition) is 1. The van der Waals surface area contributed by atoms with Crippen molar-refractivity contribution >= 4 is 27.3 Å². The number of nitro groups is 1. The Morgan fingerprint density at radius 1 is 1.16 bits per heavy atom. The Kier molecular flexibility index (Phi) is 8.82. The molecule has 0 spiro atoms. The molecule has 1 N–H and O–H groups in total. The zero-order valence-corrected chi connectivity index (χ0v) is 19.1. The average Bonchev–Trinajstić information content (AvgIpc) is 2.74. The number of benzene rings is 2. The van der Waals surface area contributed by atoms with Crippen LogP contribution in [0.3, 0.4) is 0 Å². The summed E-state index contributed by atoms with van der Waals surface area (Å²) in [5.41, 5.74) is 0.323. The molecule has 0 aliphatic carbocycles. The molecule has 10 nitrogen and oxygen atoms in total. The summed E-state index contributed by atoms with van der Waals surface area (Å²) in [6.45, 7) is 2.10. The minimum Gasteiger partial charge on any atom is -0.497 e. The van der Waals surface area contributed by atoms with Gasteiger partial charge in [-0.05, 0) is 43.7 Å². The van der Waals surface area contributed by atoms with Crippen molar-refractivity contribution in [2.45, 2.75) is 19.8 Å². The van der Waals surface area contributed by atoms with Crippen molar-refractivity contribution in [1.29, 1.82) is 0 Å². The summed E-state index contributed by atoms with van der Waals surface area (Å²) in [6.07, 6.45) is 1.38. The summed E-state index contributed by atoms with van der Waals surface area (Å²) in [6, 6.07) is 11.3. The molecule has 0 saturated carbocycles. The van der Waals surface area contributed by atoms with Crippen molar-refractivity contribution in [2.75, 3.05) is 37.4 Å². The zero-order chi connectivity index (χ0) is 23.7. The number of sulfonamides is 1. The number of nitrogens with zero attached hydrogens (tertiary/aromatic N) is 2. The van der Waals surface area contributed by atoms with Gasteiger partial charge in [0.1, 0.15) is 18.1 Å². The molecule has 2 rings (SSSR count). The zero-order valence-electron chi connectivity index (χ0n) is 18.2. The van der Waals surface area contributed by atoms with E-state index in [1.807, 2.05) is 0 Å². The van der Waals surface area contributed by atoms with E-state index in [0.717, 1.165) is 10.6 Å². The molecule has 0 aliphatic rings. The summed E-state index contributed by atoms with van der Waals surface area (Å²) in [4.78, 5) is 22.7. The Bertz CT molecular complexity index is 1040. The maximum atomic E-state index is 12.3. The lowest BCUT2D eigenvalue weighted by Gasteiger charge is -2.24. The van der Waals surface area contributed by atoms with Crippen molar-refractivity contribution in [3.63, 3.8) is 0 Å². The first kappa shape index (κ1) is 24.9. The number of ether oxygens (including phenoxy) is 2. The largest absolute Gasteiger partial charge is 0.497 e. The number of nitro benzene ring substituents is 1. The minimum absolute atomic E-state index is 0.0244. The number of amides is 1. The van der Waals surface area contributed by atoms with Crippen LogP contribution in [-0.2, 0) is 14.8 Å². The molecule has 0 bridgehead atoms. The Morgan fingerprint density at radius 2 is 1.81 bits per heavy atom. The second-order valence-electron chi connectivity index (χ2n) is 6.99. The molecule has 0 unspecified atom stereocenters. The van der Waals surface area contributed by atoms with Gasteiger partial charge < -0.3 is 14.8 Å². The Morgan fingerprint density at radius 3 is 2.41 bits per heavy atom. The van der Waals surface area contributed by atoms with Crippen LogP contribution in [0.1, 0.15) is 18.4 Å². The van der Waals surface area contributed by atoms with E-state index < -0.39 is 14.9 Å². The molecule has 0 heterocycles. The summed E-state index contributed by atoms with van der Waals surface area (Å²) in [5, 5.41) is 13.9. The van der Waals surface area contributed by atoms with E-state index in [1.165, 1.54) is 25.1 Å². The van der Waals surface area contributed by atoms with E-state index in [2.05, 4.69) is 5.32 Å². The van der Waals surface area contributed by atoms with Gasteiger partial charge >= 0.3 is 0 Å². The summed E-state index contributed by atoms with van der Waals surface area (Å²) in [5.74, 6) is 1.12. The second kappa shape index (κ2) is 11.3. The van der Waals surface area contributed by atoms with E-state index >= 15 is 0 Å². The Balaban J connectivity index is 1.84. The van der Waals surface area contributed by atoms with E-state index in [9.17, 15) is 23.3 Å². The predicted octanol–water partition coefficient (Wildman–Crippen LogP) is 2.65. The fourth-order valence-corrected chi connectivity index (χ4v) is 4.06. The Labute approximate surface area is 187 Å². The number of nitrogens with one attached hydrogen (secondary N) is 1. The number of anilines is 1. The van der Waals surface area contributed by atoms with Gasteiger partial charge in [-0.15, -0.1) is 0 Å². The molecule has 0 aliphatic heterocycles. The second-order valence-corrected chi connectivity index (χ2v) is 8.90. The van der Waals surface area contributed by atoms with Crippen molar-refractivity contribution in [3.05, 3.63) is 58.1 Å². The number of methoxy groups -OCH3 is 1. The van der Waals surface area contributed by atoms with Gasteiger partial charge in [0.25, 0.3) is 5.69 Å². The lowest BCUT2D eigenvalue weighted by Crippen LogP contribution is -2.33. The minimum atomic E-state index is -3.69. The fourth-order valence-electron chi connectivity index (χ4n) is 3.05. The predicted molar refractivity (Wildman–Crippen MR) is 121 cm³/mol. The molecule has 2 aromatic carbocycles. The van der Waals surface area contributed by atoms with Gasteiger partial charge in [-0.25, -0.2) is 8.42 Å².